The van der Waals surface area contributed by atoms with Gasteiger partial charge >= 0.3 is 0 Å². The van der Waals surface area contributed by atoms with E-state index >= 15 is 0 Å². The number of hydrogen-bond acceptors (Lipinski definition) is 5. The fourth-order valence-corrected chi connectivity index (χ4v) is 2.58. The van der Waals surface area contributed by atoms with Gasteiger partial charge in [0, 0.05) is 22.7 Å². The van der Waals surface area contributed by atoms with Crippen LogP contribution in [0.1, 0.15) is 5.69 Å². The maximum atomic E-state index is 11.9. The predicted molar refractivity (Wildman–Crippen MR) is 84.4 cm³/mol. The summed E-state index contributed by atoms with van der Waals surface area (Å²) in [6.45, 7) is 1.82. The zero-order valence-corrected chi connectivity index (χ0v) is 11.7. The number of nitrogen functional groups attached to an aromatic ring is 1. The van der Waals surface area contributed by atoms with Gasteiger partial charge in [-0.05, 0) is 13.0 Å². The second-order valence-electron chi connectivity index (χ2n) is 5.03. The van der Waals surface area contributed by atoms with Crippen LogP contribution >= 0.6 is 0 Å². The Kier molecular flexibility index (Phi) is 2.50. The lowest BCUT2D eigenvalue weighted by atomic mass is 10.1. The minimum Gasteiger partial charge on any atom is -0.369 e. The molecule has 4 aromatic rings. The van der Waals surface area contributed by atoms with E-state index in [1.807, 2.05) is 37.4 Å². The Labute approximate surface area is 124 Å². The molecular weight excluding hydrogens is 280 g/mol. The van der Waals surface area contributed by atoms with Crippen molar-refractivity contribution in [3.8, 4) is 11.3 Å². The summed E-state index contributed by atoms with van der Waals surface area (Å²) in [6.07, 6.45) is 1.88. The molecule has 0 aliphatic rings. The molecule has 0 radical (unpaired) electrons. The molecule has 0 aliphatic carbocycles. The zero-order valence-electron chi connectivity index (χ0n) is 11.7. The number of nitrogens with one attached hydrogen (secondary N) is 2. The Balaban J connectivity index is 2.07. The molecule has 0 spiro atoms. The van der Waals surface area contributed by atoms with E-state index in [1.165, 1.54) is 0 Å². The van der Waals surface area contributed by atoms with Crippen molar-refractivity contribution in [2.24, 2.45) is 0 Å². The molecule has 3 aromatic heterocycles. The summed E-state index contributed by atoms with van der Waals surface area (Å²) >= 11 is 0. The zero-order chi connectivity index (χ0) is 15.3. The molecule has 3 heterocycles. The third-order valence-corrected chi connectivity index (χ3v) is 3.58. The maximum Gasteiger partial charge on any atom is 0.280 e. The minimum atomic E-state index is -0.386. The Morgan fingerprint density at radius 2 is 1.95 bits per heavy atom. The molecule has 0 aliphatic heterocycles. The summed E-state index contributed by atoms with van der Waals surface area (Å²) < 4.78 is 0. The number of aryl methyl sites for hydroxylation is 1. The van der Waals surface area contributed by atoms with Crippen LogP contribution in [-0.2, 0) is 0 Å². The number of nitrogens with two attached hydrogens (primary N) is 1. The van der Waals surface area contributed by atoms with Gasteiger partial charge in [0.1, 0.15) is 0 Å². The fourth-order valence-electron chi connectivity index (χ4n) is 2.58. The predicted octanol–water partition coefficient (Wildman–Crippen LogP) is 1.75. The van der Waals surface area contributed by atoms with Gasteiger partial charge in [0.25, 0.3) is 5.56 Å². The Hall–Kier alpha value is -3.22. The molecule has 0 fully saturated rings. The molecule has 4 N–H and O–H groups in total. The van der Waals surface area contributed by atoms with E-state index in [-0.39, 0.29) is 22.7 Å². The van der Waals surface area contributed by atoms with Crippen molar-refractivity contribution in [3.63, 3.8) is 0 Å². The number of hydrogen-bond donors (Lipinski definition) is 3. The van der Waals surface area contributed by atoms with Gasteiger partial charge in [0.2, 0.25) is 5.95 Å². The highest BCUT2D eigenvalue weighted by Gasteiger charge is 2.14. The quantitative estimate of drug-likeness (QED) is 0.494. The number of nitrogens with zero attached hydrogens (tertiary/aromatic N) is 3. The average molecular weight is 292 g/mol. The Bertz CT molecular complexity index is 1080. The number of H-pyrrole nitrogens is 2. The number of aromatic amines is 2. The smallest absolute Gasteiger partial charge is 0.280 e. The lowest BCUT2D eigenvalue weighted by Crippen LogP contribution is -2.14. The molecule has 7 nitrogen and oxygen atoms in total. The molecule has 22 heavy (non-hydrogen) atoms. The van der Waals surface area contributed by atoms with Crippen LogP contribution in [0.2, 0.25) is 0 Å². The molecule has 0 amide bonds. The van der Waals surface area contributed by atoms with Gasteiger partial charge in [-0.15, -0.1) is 0 Å². The van der Waals surface area contributed by atoms with Gasteiger partial charge in [-0.25, -0.2) is 9.97 Å². The first-order valence-corrected chi connectivity index (χ1v) is 6.74. The number of benzene rings is 1. The maximum absolute atomic E-state index is 11.9. The van der Waals surface area contributed by atoms with Gasteiger partial charge < -0.3 is 10.7 Å². The van der Waals surface area contributed by atoms with Crippen molar-refractivity contribution in [2.75, 3.05) is 5.73 Å². The van der Waals surface area contributed by atoms with Crippen molar-refractivity contribution in [2.45, 2.75) is 6.92 Å². The van der Waals surface area contributed by atoms with Crippen LogP contribution in [0.5, 0.6) is 0 Å². The van der Waals surface area contributed by atoms with Crippen molar-refractivity contribution in [1.29, 1.82) is 0 Å². The summed E-state index contributed by atoms with van der Waals surface area (Å²) in [7, 11) is 0. The summed E-state index contributed by atoms with van der Waals surface area (Å²) in [5.74, 6) is 0.0283. The van der Waals surface area contributed by atoms with Gasteiger partial charge in [-0.3, -0.25) is 9.78 Å². The lowest BCUT2D eigenvalue weighted by molar-refractivity contribution is 1.10. The third kappa shape index (κ3) is 1.76. The molecule has 7 heteroatoms. The van der Waals surface area contributed by atoms with Crippen LogP contribution in [0, 0.1) is 6.92 Å². The number of aromatic nitrogens is 5. The standard InChI is InChI=1S/C15H12N6O/c1-7-11(9-6-17-10-5-3-2-4-8(9)10)19-13-12(18-7)14(22)21-15(16)20-13/h2-6,17H,1H3,(H3,16,19,20,21,22). The first kappa shape index (κ1) is 12.5. The Morgan fingerprint density at radius 3 is 2.82 bits per heavy atom. The minimum absolute atomic E-state index is 0.0283. The van der Waals surface area contributed by atoms with E-state index in [0.29, 0.717) is 11.4 Å². The molecule has 0 unspecified atom stereocenters. The summed E-state index contributed by atoms with van der Waals surface area (Å²) in [5, 5.41) is 1.04. The largest absolute Gasteiger partial charge is 0.369 e. The van der Waals surface area contributed by atoms with Crippen molar-refractivity contribution in [3.05, 3.63) is 46.5 Å². The van der Waals surface area contributed by atoms with Gasteiger partial charge in [0.15, 0.2) is 11.2 Å². The second-order valence-corrected chi connectivity index (χ2v) is 5.03. The molecule has 1 aromatic carbocycles. The lowest BCUT2D eigenvalue weighted by Gasteiger charge is -2.05. The highest BCUT2D eigenvalue weighted by molar-refractivity contribution is 5.95. The molecule has 108 valence electrons. The highest BCUT2D eigenvalue weighted by atomic mass is 16.1. The summed E-state index contributed by atoms with van der Waals surface area (Å²) in [4.78, 5) is 30.4. The van der Waals surface area contributed by atoms with Crippen LogP contribution < -0.4 is 11.3 Å². The molecular formula is C15H12N6O. The van der Waals surface area contributed by atoms with Gasteiger partial charge in [0.05, 0.1) is 11.4 Å². The van der Waals surface area contributed by atoms with Crippen molar-refractivity contribution < 1.29 is 0 Å². The number of anilines is 1. The van der Waals surface area contributed by atoms with E-state index in [0.717, 1.165) is 16.5 Å². The SMILES string of the molecule is Cc1nc2c(=O)[nH]c(N)nc2nc1-c1c[nH]c2ccccc12. The van der Waals surface area contributed by atoms with Crippen molar-refractivity contribution in [1.82, 2.24) is 24.9 Å². The third-order valence-electron chi connectivity index (χ3n) is 3.58. The summed E-state index contributed by atoms with van der Waals surface area (Å²) in [5.41, 5.74) is 8.90. The average Bonchev–Trinajstić information content (AvgIpc) is 2.91. The van der Waals surface area contributed by atoms with Gasteiger partial charge in [-0.1, -0.05) is 18.2 Å². The molecule has 0 saturated carbocycles. The molecule has 0 saturated heterocycles. The van der Waals surface area contributed by atoms with Crippen LogP contribution in [0.25, 0.3) is 33.3 Å². The first-order chi connectivity index (χ1) is 10.6. The van der Waals surface area contributed by atoms with E-state index < -0.39 is 0 Å². The highest BCUT2D eigenvalue weighted by Crippen LogP contribution is 2.29. The molecule has 4 rings (SSSR count). The van der Waals surface area contributed by atoms with E-state index in [4.69, 9.17) is 5.73 Å². The van der Waals surface area contributed by atoms with E-state index in [2.05, 4.69) is 24.9 Å². The normalized spacial score (nSPS) is 11.3. The first-order valence-electron chi connectivity index (χ1n) is 6.74. The Morgan fingerprint density at radius 1 is 1.14 bits per heavy atom. The molecule has 0 atom stereocenters. The van der Waals surface area contributed by atoms with Crippen LogP contribution in [0.15, 0.2) is 35.3 Å². The topological polar surface area (TPSA) is 113 Å². The van der Waals surface area contributed by atoms with Gasteiger partial charge in [-0.2, -0.15) is 4.98 Å². The van der Waals surface area contributed by atoms with Crippen LogP contribution in [0.3, 0.4) is 0 Å². The van der Waals surface area contributed by atoms with Crippen LogP contribution in [0.4, 0.5) is 5.95 Å². The number of fused-ring (bicyclic) bond motifs is 2. The molecule has 0 bridgehead atoms. The second kappa shape index (κ2) is 4.39. The van der Waals surface area contributed by atoms with Crippen molar-refractivity contribution >= 4 is 28.0 Å². The van der Waals surface area contributed by atoms with E-state index in [1.54, 1.807) is 0 Å². The number of rotatable bonds is 1. The van der Waals surface area contributed by atoms with Crippen LogP contribution in [-0.4, -0.2) is 24.9 Å². The number of para-hydroxylation sites is 1. The fraction of sp³-hybridized carbons (Fsp3) is 0.0667. The summed E-state index contributed by atoms with van der Waals surface area (Å²) in [6, 6.07) is 7.92. The monoisotopic (exact) mass is 292 g/mol. The van der Waals surface area contributed by atoms with E-state index in [9.17, 15) is 4.79 Å².